The van der Waals surface area contributed by atoms with Crippen LogP contribution < -0.4 is 4.90 Å². The molecule has 0 aliphatic rings. The SMILES string of the molecule is CC(CO)N(C)c1cccc(C(=O)O)n1. The molecule has 1 atom stereocenters. The number of aromatic nitrogens is 1. The van der Waals surface area contributed by atoms with Gasteiger partial charge in [0.15, 0.2) is 5.69 Å². The molecule has 0 amide bonds. The van der Waals surface area contributed by atoms with E-state index < -0.39 is 5.97 Å². The maximum atomic E-state index is 10.7. The highest BCUT2D eigenvalue weighted by Crippen LogP contribution is 2.12. The number of carboxylic acids is 1. The molecule has 5 heteroatoms. The van der Waals surface area contributed by atoms with Gasteiger partial charge in [-0.1, -0.05) is 6.07 Å². The van der Waals surface area contributed by atoms with Gasteiger partial charge in [-0.05, 0) is 19.1 Å². The Labute approximate surface area is 88.0 Å². The van der Waals surface area contributed by atoms with Crippen LogP contribution in [0.4, 0.5) is 5.82 Å². The summed E-state index contributed by atoms with van der Waals surface area (Å²) in [5.41, 5.74) is 0.00416. The second-order valence-electron chi connectivity index (χ2n) is 3.33. The summed E-state index contributed by atoms with van der Waals surface area (Å²) in [4.78, 5) is 16.4. The molecule has 1 aromatic rings. The first-order valence-electron chi connectivity index (χ1n) is 4.60. The van der Waals surface area contributed by atoms with E-state index in [9.17, 15) is 4.79 Å². The third kappa shape index (κ3) is 2.66. The zero-order chi connectivity index (χ0) is 11.4. The van der Waals surface area contributed by atoms with Crippen molar-refractivity contribution in [2.45, 2.75) is 13.0 Å². The summed E-state index contributed by atoms with van der Waals surface area (Å²) in [6.07, 6.45) is 0. The van der Waals surface area contributed by atoms with E-state index in [4.69, 9.17) is 10.2 Å². The Bertz CT molecular complexity index is 354. The zero-order valence-electron chi connectivity index (χ0n) is 8.71. The van der Waals surface area contributed by atoms with Gasteiger partial charge in [-0.2, -0.15) is 0 Å². The minimum atomic E-state index is -1.05. The van der Waals surface area contributed by atoms with Crippen molar-refractivity contribution in [3.8, 4) is 0 Å². The first kappa shape index (κ1) is 11.5. The van der Waals surface area contributed by atoms with E-state index >= 15 is 0 Å². The van der Waals surface area contributed by atoms with Crippen LogP contribution in [0.2, 0.25) is 0 Å². The van der Waals surface area contributed by atoms with Gasteiger partial charge in [0.05, 0.1) is 12.6 Å². The Hall–Kier alpha value is -1.62. The average molecular weight is 210 g/mol. The summed E-state index contributed by atoms with van der Waals surface area (Å²) < 4.78 is 0. The number of aliphatic hydroxyl groups is 1. The summed E-state index contributed by atoms with van der Waals surface area (Å²) >= 11 is 0. The molecule has 0 bridgehead atoms. The number of hydrogen-bond donors (Lipinski definition) is 2. The van der Waals surface area contributed by atoms with Gasteiger partial charge in [0.2, 0.25) is 0 Å². The third-order valence-electron chi connectivity index (χ3n) is 2.24. The largest absolute Gasteiger partial charge is 0.477 e. The highest BCUT2D eigenvalue weighted by molar-refractivity contribution is 5.85. The molecule has 5 nitrogen and oxygen atoms in total. The Kier molecular flexibility index (Phi) is 3.62. The summed E-state index contributed by atoms with van der Waals surface area (Å²) in [7, 11) is 1.76. The number of pyridine rings is 1. The number of nitrogens with zero attached hydrogens (tertiary/aromatic N) is 2. The Morgan fingerprint density at radius 1 is 1.60 bits per heavy atom. The molecular formula is C10H14N2O3. The van der Waals surface area contributed by atoms with E-state index in [0.717, 1.165) is 0 Å². The minimum Gasteiger partial charge on any atom is -0.477 e. The topological polar surface area (TPSA) is 73.7 Å². The minimum absolute atomic E-state index is 0.00416. The lowest BCUT2D eigenvalue weighted by molar-refractivity contribution is 0.0690. The molecular weight excluding hydrogens is 196 g/mol. The fourth-order valence-electron chi connectivity index (χ4n) is 1.09. The lowest BCUT2D eigenvalue weighted by atomic mass is 10.3. The molecule has 1 unspecified atom stereocenters. The molecule has 0 radical (unpaired) electrons. The molecule has 0 saturated carbocycles. The molecule has 0 aliphatic carbocycles. The lowest BCUT2D eigenvalue weighted by Gasteiger charge is -2.24. The Balaban J connectivity index is 2.94. The van der Waals surface area contributed by atoms with Gasteiger partial charge in [-0.15, -0.1) is 0 Å². The first-order chi connectivity index (χ1) is 7.06. The number of aliphatic hydroxyl groups excluding tert-OH is 1. The van der Waals surface area contributed by atoms with Crippen molar-refractivity contribution < 1.29 is 15.0 Å². The highest BCUT2D eigenvalue weighted by atomic mass is 16.4. The van der Waals surface area contributed by atoms with Crippen LogP contribution in [0.1, 0.15) is 17.4 Å². The van der Waals surface area contributed by atoms with Crippen molar-refractivity contribution in [2.24, 2.45) is 0 Å². The highest BCUT2D eigenvalue weighted by Gasteiger charge is 2.12. The Morgan fingerprint density at radius 2 is 2.27 bits per heavy atom. The molecule has 1 rings (SSSR count). The molecule has 82 valence electrons. The van der Waals surface area contributed by atoms with Crippen LogP contribution in [0.3, 0.4) is 0 Å². The van der Waals surface area contributed by atoms with E-state index in [2.05, 4.69) is 4.98 Å². The fraction of sp³-hybridized carbons (Fsp3) is 0.400. The van der Waals surface area contributed by atoms with Crippen molar-refractivity contribution in [3.63, 3.8) is 0 Å². The van der Waals surface area contributed by atoms with Gasteiger partial charge in [0.1, 0.15) is 5.82 Å². The second kappa shape index (κ2) is 4.75. The number of carbonyl (C=O) groups is 1. The van der Waals surface area contributed by atoms with Crippen LogP contribution in [-0.4, -0.2) is 40.9 Å². The van der Waals surface area contributed by atoms with Crippen molar-refractivity contribution in [1.82, 2.24) is 4.98 Å². The van der Waals surface area contributed by atoms with Gasteiger partial charge in [-0.3, -0.25) is 0 Å². The monoisotopic (exact) mass is 210 g/mol. The van der Waals surface area contributed by atoms with Crippen molar-refractivity contribution in [3.05, 3.63) is 23.9 Å². The van der Waals surface area contributed by atoms with Crippen LogP contribution in [0.25, 0.3) is 0 Å². The van der Waals surface area contributed by atoms with Crippen LogP contribution in [0.5, 0.6) is 0 Å². The van der Waals surface area contributed by atoms with Crippen LogP contribution in [0, 0.1) is 0 Å². The molecule has 0 aliphatic heterocycles. The number of likely N-dealkylation sites (N-methyl/N-ethyl adjacent to an activating group) is 1. The smallest absolute Gasteiger partial charge is 0.354 e. The molecule has 0 aromatic carbocycles. The van der Waals surface area contributed by atoms with Gasteiger partial charge in [0.25, 0.3) is 0 Å². The normalized spacial score (nSPS) is 12.2. The van der Waals surface area contributed by atoms with Gasteiger partial charge >= 0.3 is 5.97 Å². The zero-order valence-corrected chi connectivity index (χ0v) is 8.71. The van der Waals surface area contributed by atoms with Gasteiger partial charge < -0.3 is 15.1 Å². The number of anilines is 1. The van der Waals surface area contributed by atoms with E-state index in [0.29, 0.717) is 5.82 Å². The third-order valence-corrected chi connectivity index (χ3v) is 2.24. The second-order valence-corrected chi connectivity index (χ2v) is 3.33. The van der Waals surface area contributed by atoms with Crippen molar-refractivity contribution in [1.29, 1.82) is 0 Å². The fourth-order valence-corrected chi connectivity index (χ4v) is 1.09. The molecule has 0 fully saturated rings. The van der Waals surface area contributed by atoms with E-state index in [1.165, 1.54) is 6.07 Å². The molecule has 0 spiro atoms. The average Bonchev–Trinajstić information content (AvgIpc) is 2.27. The maximum absolute atomic E-state index is 10.7. The molecule has 15 heavy (non-hydrogen) atoms. The predicted octanol–water partition coefficient (Wildman–Crippen LogP) is 0.597. The summed E-state index contributed by atoms with van der Waals surface area (Å²) in [5.74, 6) is -0.515. The van der Waals surface area contributed by atoms with Crippen molar-refractivity contribution in [2.75, 3.05) is 18.6 Å². The summed E-state index contributed by atoms with van der Waals surface area (Å²) in [6, 6.07) is 4.68. The standard InChI is InChI=1S/C10H14N2O3/c1-7(6-13)12(2)9-5-3-4-8(11-9)10(14)15/h3-5,7,13H,6H2,1-2H3,(H,14,15). The maximum Gasteiger partial charge on any atom is 0.354 e. The van der Waals surface area contributed by atoms with Crippen LogP contribution in [0.15, 0.2) is 18.2 Å². The van der Waals surface area contributed by atoms with Gasteiger partial charge in [0, 0.05) is 7.05 Å². The molecule has 1 heterocycles. The van der Waals surface area contributed by atoms with Crippen LogP contribution in [-0.2, 0) is 0 Å². The number of carboxylic acid groups (broad SMARTS) is 1. The summed E-state index contributed by atoms with van der Waals surface area (Å²) in [6.45, 7) is 1.82. The van der Waals surface area contributed by atoms with Gasteiger partial charge in [-0.25, -0.2) is 9.78 Å². The number of aromatic carboxylic acids is 1. The van der Waals surface area contributed by atoms with E-state index in [-0.39, 0.29) is 18.3 Å². The van der Waals surface area contributed by atoms with E-state index in [1.54, 1.807) is 24.1 Å². The molecule has 2 N–H and O–H groups in total. The van der Waals surface area contributed by atoms with E-state index in [1.807, 2.05) is 6.92 Å². The number of rotatable bonds is 4. The van der Waals surface area contributed by atoms with Crippen molar-refractivity contribution >= 4 is 11.8 Å². The number of hydrogen-bond acceptors (Lipinski definition) is 4. The molecule has 0 saturated heterocycles. The molecule has 1 aromatic heterocycles. The first-order valence-corrected chi connectivity index (χ1v) is 4.60. The quantitative estimate of drug-likeness (QED) is 0.761. The summed E-state index contributed by atoms with van der Waals surface area (Å²) in [5, 5.41) is 17.7. The lowest BCUT2D eigenvalue weighted by Crippen LogP contribution is -2.32. The Morgan fingerprint density at radius 3 is 2.80 bits per heavy atom. The predicted molar refractivity (Wildman–Crippen MR) is 56.1 cm³/mol. The van der Waals surface area contributed by atoms with Crippen LogP contribution >= 0.6 is 0 Å².